The van der Waals surface area contributed by atoms with Crippen molar-refractivity contribution in [3.05, 3.63) is 0 Å². The van der Waals surface area contributed by atoms with Crippen molar-refractivity contribution in [3.8, 4) is 0 Å². The molecule has 0 N–H and O–H groups in total. The van der Waals surface area contributed by atoms with Gasteiger partial charge in [0.05, 0.1) is 0 Å². The van der Waals surface area contributed by atoms with Crippen molar-refractivity contribution >= 4 is 0 Å². The van der Waals surface area contributed by atoms with Crippen LogP contribution in [0.4, 0.5) is 0 Å². The molecular formula is CoMoO9V2-10. The van der Waals surface area contributed by atoms with Crippen molar-refractivity contribution in [2.75, 3.05) is 0 Å². The molecule has 0 bridgehead atoms. The fraction of sp³-hybridized carbons (Fsp3) is 0. The molecule has 0 aromatic carbocycles. The summed E-state index contributed by atoms with van der Waals surface area (Å²) in [7, 11) is 0. The van der Waals surface area contributed by atoms with Crippen molar-refractivity contribution in [1.29, 1.82) is 0 Å². The summed E-state index contributed by atoms with van der Waals surface area (Å²) >= 11 is -1.79. The molecule has 0 aromatic rings. The van der Waals surface area contributed by atoms with E-state index in [0.29, 0.717) is 0 Å². The van der Waals surface area contributed by atoms with Gasteiger partial charge in [-0.3, -0.25) is 0 Å². The zero-order valence-electron chi connectivity index (χ0n) is 5.31. The van der Waals surface area contributed by atoms with Crippen molar-refractivity contribution < 1.29 is 111 Å². The predicted octanol–water partition coefficient (Wildman–Crippen LogP) is -1.08. The van der Waals surface area contributed by atoms with Gasteiger partial charge in [-0.1, -0.05) is 0 Å². The molecule has 0 spiro atoms. The first-order valence-corrected chi connectivity index (χ1v) is 3.52. The third-order valence-corrected chi connectivity index (χ3v) is 0. The molecule has 0 atom stereocenters. The maximum atomic E-state index is 8.59. The summed E-state index contributed by atoms with van der Waals surface area (Å²) in [5.41, 5.74) is 0. The van der Waals surface area contributed by atoms with E-state index in [2.05, 4.69) is 15.7 Å². The van der Waals surface area contributed by atoms with Crippen molar-refractivity contribution in [3.63, 3.8) is 0 Å². The van der Waals surface area contributed by atoms with Crippen LogP contribution in [0.2, 0.25) is 0 Å². The maximum absolute atomic E-state index is 8.59. The molecule has 0 aliphatic heterocycles. The minimum Gasteiger partial charge on any atom is 0 e. The summed E-state index contributed by atoms with van der Waals surface area (Å²) in [5, 5.41) is 0. The Kier molecular flexibility index (Phi) is 736. The normalized spacial score (nSPS) is 2.23. The van der Waals surface area contributed by atoms with E-state index in [-0.39, 0.29) is 64.5 Å². The van der Waals surface area contributed by atoms with Crippen LogP contribution in [-0.4, -0.2) is 0 Å². The van der Waals surface area contributed by atoms with Gasteiger partial charge in [0.25, 0.3) is 0 Å². The van der Waals surface area contributed by atoms with Crippen LogP contribution in [0.1, 0.15) is 0 Å². The average molecular weight is 401 g/mol. The number of hydrogen-bond donors (Lipinski definition) is 0. The van der Waals surface area contributed by atoms with Gasteiger partial charge in [0.1, 0.15) is 0 Å². The van der Waals surface area contributed by atoms with E-state index < -0.39 is 17.2 Å². The molecule has 0 rings (SSSR count). The van der Waals surface area contributed by atoms with Crippen LogP contribution in [0.25, 0.3) is 0 Å². The monoisotopic (exact) mass is 403 g/mol. The molecule has 13 heavy (non-hydrogen) atoms. The van der Waals surface area contributed by atoms with E-state index in [1.807, 2.05) is 0 Å². The SMILES string of the molecule is [O-2].[O-2].[O-2].[O-2].[O-2].[O]=[Co].[O]=[Mo](=[O])=[O].[V].[V]. The van der Waals surface area contributed by atoms with Crippen LogP contribution in [0.15, 0.2) is 0 Å². The van der Waals surface area contributed by atoms with Crippen LogP contribution in [-0.2, 0) is 111 Å². The molecule has 89 valence electrons. The molecule has 9 nitrogen and oxygen atoms in total. The molecule has 0 amide bonds. The first-order chi connectivity index (χ1) is 2.73. The predicted molar refractivity (Wildman–Crippen MR) is 6.18 cm³/mol. The zero-order chi connectivity index (χ0) is 5.58. The summed E-state index contributed by atoms with van der Waals surface area (Å²) in [6.07, 6.45) is 0. The summed E-state index contributed by atoms with van der Waals surface area (Å²) in [5.74, 6) is 0. The molecule has 0 saturated carbocycles. The van der Waals surface area contributed by atoms with Gasteiger partial charge in [-0.2, -0.15) is 0 Å². The Labute approximate surface area is 111 Å². The van der Waals surface area contributed by atoms with Crippen molar-refractivity contribution in [2.24, 2.45) is 0 Å². The van der Waals surface area contributed by atoms with Gasteiger partial charge in [-0.15, -0.1) is 0 Å². The molecule has 0 aliphatic carbocycles. The van der Waals surface area contributed by atoms with Gasteiger partial charge < -0.3 is 27.4 Å². The fourth-order valence-corrected chi connectivity index (χ4v) is 0. The first-order valence-electron chi connectivity index (χ1n) is 0.636. The van der Waals surface area contributed by atoms with Crippen LogP contribution >= 0.6 is 0 Å². The van der Waals surface area contributed by atoms with Gasteiger partial charge in [0, 0.05) is 37.1 Å². The maximum Gasteiger partial charge on any atom is 0 e. The van der Waals surface area contributed by atoms with Gasteiger partial charge in [-0.25, -0.2) is 0 Å². The summed E-state index contributed by atoms with van der Waals surface area (Å²) in [4.78, 5) is 0. The first kappa shape index (κ1) is 89.2. The van der Waals surface area contributed by atoms with Crippen LogP contribution in [0.3, 0.4) is 0 Å². The van der Waals surface area contributed by atoms with Gasteiger partial charge in [0.15, 0.2) is 0 Å². The van der Waals surface area contributed by atoms with Gasteiger partial charge in [-0.05, 0) is 0 Å². The Balaban J connectivity index is -0.00000000242. The van der Waals surface area contributed by atoms with E-state index >= 15 is 0 Å². The van der Waals surface area contributed by atoms with Crippen LogP contribution < -0.4 is 0 Å². The summed E-state index contributed by atoms with van der Waals surface area (Å²) in [6, 6.07) is 0. The molecular weight excluding hydrogens is 401 g/mol. The number of rotatable bonds is 0. The minimum absolute atomic E-state index is 0. The van der Waals surface area contributed by atoms with E-state index in [4.69, 9.17) is 14.1 Å². The Morgan fingerprint density at radius 3 is 0.615 bits per heavy atom. The standard InChI is InChI=1S/Co.Mo.9O.2V/q;;;;;;5*-2;;. The van der Waals surface area contributed by atoms with Crippen molar-refractivity contribution in [1.82, 2.24) is 0 Å². The third-order valence-electron chi connectivity index (χ3n) is 0. The third kappa shape index (κ3) is 928. The molecule has 0 heterocycles. The van der Waals surface area contributed by atoms with E-state index in [0.717, 1.165) is 0 Å². The van der Waals surface area contributed by atoms with E-state index in [1.165, 1.54) is 0 Å². The minimum atomic E-state index is -4.11. The average Bonchev–Trinajstić information content (AvgIpc) is 1.41. The quantitative estimate of drug-likeness (QED) is 0.464. The Hall–Kier alpha value is 1.36. The molecule has 0 unspecified atom stereocenters. The summed E-state index contributed by atoms with van der Waals surface area (Å²) < 4.78 is 33.7. The second kappa shape index (κ2) is 107. The fourth-order valence-electron chi connectivity index (χ4n) is 0. The Morgan fingerprint density at radius 1 is 0.615 bits per heavy atom. The largest absolute Gasteiger partial charge is 0 e. The molecule has 0 aromatic heterocycles. The topological polar surface area (TPSA) is 211 Å². The second-order valence-electron chi connectivity index (χ2n) is 0.204. The smallest absolute Gasteiger partial charge is 0 e. The van der Waals surface area contributed by atoms with Gasteiger partial charge >= 0.3 is 46.9 Å². The van der Waals surface area contributed by atoms with Crippen molar-refractivity contribution in [2.45, 2.75) is 0 Å². The molecule has 0 aliphatic rings. The Morgan fingerprint density at radius 2 is 0.615 bits per heavy atom. The summed E-state index contributed by atoms with van der Waals surface area (Å²) in [6.45, 7) is 0. The van der Waals surface area contributed by atoms with Crippen LogP contribution in [0.5, 0.6) is 0 Å². The molecule has 2 radical (unpaired) electrons. The zero-order valence-corrected chi connectivity index (χ0v) is 11.2. The molecule has 13 heteroatoms. The number of hydrogen-bond acceptors (Lipinski definition) is 4. The van der Waals surface area contributed by atoms with E-state index in [1.54, 1.807) is 0 Å². The van der Waals surface area contributed by atoms with Crippen LogP contribution in [0, 0.1) is 0 Å². The van der Waals surface area contributed by atoms with Gasteiger partial charge in [0.2, 0.25) is 0 Å². The Bertz CT molecular complexity index is 97.8. The molecule has 0 fully saturated rings. The van der Waals surface area contributed by atoms with E-state index in [9.17, 15) is 0 Å². The molecule has 0 saturated heterocycles. The second-order valence-corrected chi connectivity index (χ2v) is 1.21.